The van der Waals surface area contributed by atoms with Gasteiger partial charge in [-0.1, -0.05) is 51.1 Å². The molecule has 1 aromatic rings. The average Bonchev–Trinajstić information content (AvgIpc) is 2.96. The van der Waals surface area contributed by atoms with Gasteiger partial charge in [-0.05, 0) is 30.4 Å². The first-order valence-corrected chi connectivity index (χ1v) is 6.36. The fraction of sp³-hybridized carbons (Fsp3) is 0.600. The quantitative estimate of drug-likeness (QED) is 0.798. The second kappa shape index (κ2) is 4.58. The summed E-state index contributed by atoms with van der Waals surface area (Å²) in [4.78, 5) is 0. The monoisotopic (exact) mass is 217 g/mol. The molecule has 2 atom stereocenters. The van der Waals surface area contributed by atoms with Gasteiger partial charge in [0.05, 0.1) is 0 Å². The van der Waals surface area contributed by atoms with E-state index in [-0.39, 0.29) is 5.41 Å². The summed E-state index contributed by atoms with van der Waals surface area (Å²) in [6, 6.07) is 10.8. The van der Waals surface area contributed by atoms with Crippen LogP contribution in [0.15, 0.2) is 30.3 Å². The van der Waals surface area contributed by atoms with E-state index in [0.29, 0.717) is 0 Å². The smallest absolute Gasteiger partial charge is 0.00433 e. The molecule has 2 rings (SSSR count). The second-order valence-corrected chi connectivity index (χ2v) is 5.85. The van der Waals surface area contributed by atoms with Crippen molar-refractivity contribution in [1.29, 1.82) is 0 Å². The molecule has 0 bridgehead atoms. The van der Waals surface area contributed by atoms with Crippen LogP contribution in [-0.2, 0) is 5.41 Å². The molecule has 2 unspecified atom stereocenters. The summed E-state index contributed by atoms with van der Waals surface area (Å²) in [5.41, 5.74) is 1.66. The van der Waals surface area contributed by atoms with E-state index in [1.54, 1.807) is 0 Å². The van der Waals surface area contributed by atoms with Gasteiger partial charge in [0.2, 0.25) is 0 Å². The number of rotatable bonds is 5. The zero-order valence-electron chi connectivity index (χ0n) is 10.7. The highest BCUT2D eigenvalue weighted by molar-refractivity contribution is 5.23. The third kappa shape index (κ3) is 2.85. The van der Waals surface area contributed by atoms with E-state index < -0.39 is 0 Å². The molecule has 1 heteroatoms. The Labute approximate surface area is 99.3 Å². The Balaban J connectivity index is 1.83. The summed E-state index contributed by atoms with van der Waals surface area (Å²) in [5.74, 6) is 1.89. The lowest BCUT2D eigenvalue weighted by atomic mass is 9.84. The van der Waals surface area contributed by atoms with Crippen molar-refractivity contribution in [2.45, 2.75) is 32.6 Å². The molecule has 0 saturated heterocycles. The van der Waals surface area contributed by atoms with Gasteiger partial charge in [0.15, 0.2) is 0 Å². The molecule has 0 heterocycles. The highest BCUT2D eigenvalue weighted by atomic mass is 14.9. The molecule has 1 nitrogen and oxygen atoms in total. The van der Waals surface area contributed by atoms with Gasteiger partial charge >= 0.3 is 0 Å². The zero-order valence-corrected chi connectivity index (χ0v) is 10.7. The molecular formula is C15H23N. The highest BCUT2D eigenvalue weighted by Crippen LogP contribution is 2.36. The van der Waals surface area contributed by atoms with Gasteiger partial charge in [0, 0.05) is 12.0 Å². The molecule has 1 N–H and O–H groups in total. The van der Waals surface area contributed by atoms with E-state index >= 15 is 0 Å². The third-order valence-electron chi connectivity index (χ3n) is 3.80. The maximum Gasteiger partial charge on any atom is 0.00433 e. The minimum Gasteiger partial charge on any atom is -0.316 e. The van der Waals surface area contributed by atoms with Crippen molar-refractivity contribution in [2.75, 3.05) is 13.1 Å². The van der Waals surface area contributed by atoms with Gasteiger partial charge in [0.25, 0.3) is 0 Å². The van der Waals surface area contributed by atoms with E-state index in [9.17, 15) is 0 Å². The molecule has 1 aliphatic rings. The Hall–Kier alpha value is -0.820. The Bertz CT molecular complexity index is 329. The van der Waals surface area contributed by atoms with Gasteiger partial charge in [-0.25, -0.2) is 0 Å². The molecular weight excluding hydrogens is 194 g/mol. The standard InChI is InChI=1S/C15H23N/c1-12-9-13(12)10-16-11-15(2,3)14-7-5-4-6-8-14/h4-8,12-13,16H,9-11H2,1-3H3. The fourth-order valence-electron chi connectivity index (χ4n) is 2.24. The van der Waals surface area contributed by atoms with E-state index in [2.05, 4.69) is 56.4 Å². The SMILES string of the molecule is CC1CC1CNCC(C)(C)c1ccccc1. The topological polar surface area (TPSA) is 12.0 Å². The number of benzene rings is 1. The Morgan fingerprint density at radius 1 is 1.25 bits per heavy atom. The molecule has 0 aromatic heterocycles. The Morgan fingerprint density at radius 2 is 1.88 bits per heavy atom. The summed E-state index contributed by atoms with van der Waals surface area (Å²) >= 11 is 0. The van der Waals surface area contributed by atoms with Gasteiger partial charge in [0.1, 0.15) is 0 Å². The van der Waals surface area contributed by atoms with Crippen LogP contribution in [-0.4, -0.2) is 13.1 Å². The zero-order chi connectivity index (χ0) is 11.6. The lowest BCUT2D eigenvalue weighted by Gasteiger charge is -2.25. The molecule has 1 aliphatic carbocycles. The van der Waals surface area contributed by atoms with Crippen LogP contribution in [0.25, 0.3) is 0 Å². The van der Waals surface area contributed by atoms with Crippen molar-refractivity contribution in [3.05, 3.63) is 35.9 Å². The average molecular weight is 217 g/mol. The van der Waals surface area contributed by atoms with Crippen LogP contribution in [0.1, 0.15) is 32.8 Å². The van der Waals surface area contributed by atoms with Crippen LogP contribution >= 0.6 is 0 Å². The first-order chi connectivity index (χ1) is 7.59. The minimum absolute atomic E-state index is 0.236. The van der Waals surface area contributed by atoms with E-state index in [0.717, 1.165) is 18.4 Å². The van der Waals surface area contributed by atoms with Crippen LogP contribution in [0.3, 0.4) is 0 Å². The highest BCUT2D eigenvalue weighted by Gasteiger charge is 2.32. The molecule has 0 aliphatic heterocycles. The minimum atomic E-state index is 0.236. The van der Waals surface area contributed by atoms with E-state index in [1.165, 1.54) is 18.5 Å². The number of nitrogens with one attached hydrogen (secondary N) is 1. The lowest BCUT2D eigenvalue weighted by Crippen LogP contribution is -2.34. The van der Waals surface area contributed by atoms with Crippen molar-refractivity contribution >= 4 is 0 Å². The summed E-state index contributed by atoms with van der Waals surface area (Å²) in [6.45, 7) is 9.23. The van der Waals surface area contributed by atoms with Crippen molar-refractivity contribution in [3.8, 4) is 0 Å². The Morgan fingerprint density at radius 3 is 2.44 bits per heavy atom. The molecule has 88 valence electrons. The summed E-state index contributed by atoms with van der Waals surface area (Å²) in [6.07, 6.45) is 1.42. The largest absolute Gasteiger partial charge is 0.316 e. The van der Waals surface area contributed by atoms with Crippen LogP contribution in [0, 0.1) is 11.8 Å². The van der Waals surface area contributed by atoms with Crippen LogP contribution in [0.2, 0.25) is 0 Å². The first-order valence-electron chi connectivity index (χ1n) is 6.36. The molecule has 0 amide bonds. The van der Waals surface area contributed by atoms with Gasteiger partial charge in [-0.15, -0.1) is 0 Å². The summed E-state index contributed by atoms with van der Waals surface area (Å²) < 4.78 is 0. The summed E-state index contributed by atoms with van der Waals surface area (Å²) in [5, 5.41) is 3.62. The predicted molar refractivity (Wildman–Crippen MR) is 69.6 cm³/mol. The molecule has 0 radical (unpaired) electrons. The van der Waals surface area contributed by atoms with Crippen LogP contribution < -0.4 is 5.32 Å². The molecule has 1 saturated carbocycles. The predicted octanol–water partition coefficient (Wildman–Crippen LogP) is 3.21. The maximum atomic E-state index is 3.62. The molecule has 0 spiro atoms. The van der Waals surface area contributed by atoms with Crippen molar-refractivity contribution in [1.82, 2.24) is 5.32 Å². The first kappa shape index (κ1) is 11.7. The lowest BCUT2D eigenvalue weighted by molar-refractivity contribution is 0.458. The second-order valence-electron chi connectivity index (χ2n) is 5.85. The van der Waals surface area contributed by atoms with Crippen molar-refractivity contribution < 1.29 is 0 Å². The molecule has 1 aromatic carbocycles. The summed E-state index contributed by atoms with van der Waals surface area (Å²) in [7, 11) is 0. The van der Waals surface area contributed by atoms with Crippen molar-refractivity contribution in [3.63, 3.8) is 0 Å². The fourth-order valence-corrected chi connectivity index (χ4v) is 2.24. The normalized spacial score (nSPS) is 24.4. The molecule has 16 heavy (non-hydrogen) atoms. The maximum absolute atomic E-state index is 3.62. The van der Waals surface area contributed by atoms with Gasteiger partial charge in [-0.2, -0.15) is 0 Å². The third-order valence-corrected chi connectivity index (χ3v) is 3.80. The van der Waals surface area contributed by atoms with E-state index in [4.69, 9.17) is 0 Å². The van der Waals surface area contributed by atoms with Gasteiger partial charge in [-0.3, -0.25) is 0 Å². The van der Waals surface area contributed by atoms with Crippen LogP contribution in [0.5, 0.6) is 0 Å². The molecule has 1 fully saturated rings. The van der Waals surface area contributed by atoms with E-state index in [1.807, 2.05) is 0 Å². The van der Waals surface area contributed by atoms with Crippen LogP contribution in [0.4, 0.5) is 0 Å². The van der Waals surface area contributed by atoms with Crippen molar-refractivity contribution in [2.24, 2.45) is 11.8 Å². The Kier molecular flexibility index (Phi) is 3.34. The number of hydrogen-bond donors (Lipinski definition) is 1. The number of hydrogen-bond acceptors (Lipinski definition) is 1. The van der Waals surface area contributed by atoms with Gasteiger partial charge < -0.3 is 5.32 Å².